The summed E-state index contributed by atoms with van der Waals surface area (Å²) in [5, 5.41) is 0. The number of alkyl halides is 3. The Hall–Kier alpha value is -2.80. The van der Waals surface area contributed by atoms with Gasteiger partial charge in [0.1, 0.15) is 5.82 Å². The molecular weight excluding hydrogens is 360 g/mol. The third-order valence-electron chi connectivity index (χ3n) is 4.14. The molecule has 27 heavy (non-hydrogen) atoms. The molecular formula is C20H16F4N2O. The Morgan fingerprint density at radius 1 is 1.11 bits per heavy atom. The summed E-state index contributed by atoms with van der Waals surface area (Å²) in [4.78, 5) is 18.6. The third-order valence-corrected chi connectivity index (χ3v) is 4.14. The van der Waals surface area contributed by atoms with Gasteiger partial charge in [-0.25, -0.2) is 4.39 Å². The summed E-state index contributed by atoms with van der Waals surface area (Å²) in [7, 11) is 1.78. The van der Waals surface area contributed by atoms with Gasteiger partial charge in [0, 0.05) is 42.2 Å². The van der Waals surface area contributed by atoms with E-state index in [-0.39, 0.29) is 23.5 Å². The van der Waals surface area contributed by atoms with Crippen molar-refractivity contribution in [1.82, 2.24) is 9.88 Å². The number of Topliss-reactive ketones (excluding diaryl/α,β-unsaturated/α-hetero) is 1. The molecule has 3 rings (SSSR count). The lowest BCUT2D eigenvalue weighted by atomic mass is 9.94. The zero-order chi connectivity index (χ0) is 19.6. The molecule has 7 heteroatoms. The summed E-state index contributed by atoms with van der Waals surface area (Å²) in [6, 6.07) is 5.68. The lowest BCUT2D eigenvalue weighted by Gasteiger charge is -2.26. The van der Waals surface area contributed by atoms with Gasteiger partial charge in [0.25, 0.3) is 0 Å². The van der Waals surface area contributed by atoms with Crippen LogP contribution in [0.1, 0.15) is 16.7 Å². The Kier molecular flexibility index (Phi) is 5.23. The number of carbonyl (C=O) groups is 1. The molecule has 1 saturated heterocycles. The minimum absolute atomic E-state index is 0.221. The van der Waals surface area contributed by atoms with Crippen LogP contribution in [0.4, 0.5) is 17.6 Å². The van der Waals surface area contributed by atoms with Gasteiger partial charge in [-0.3, -0.25) is 14.7 Å². The van der Waals surface area contributed by atoms with Crippen LogP contribution < -0.4 is 0 Å². The van der Waals surface area contributed by atoms with Gasteiger partial charge in [-0.15, -0.1) is 0 Å². The van der Waals surface area contributed by atoms with Crippen LogP contribution in [0.15, 0.2) is 53.9 Å². The van der Waals surface area contributed by atoms with Crippen molar-refractivity contribution in [2.45, 2.75) is 6.18 Å². The Balaban J connectivity index is 1.99. The van der Waals surface area contributed by atoms with Crippen LogP contribution in [0.5, 0.6) is 0 Å². The first-order valence-electron chi connectivity index (χ1n) is 8.15. The highest BCUT2D eigenvalue weighted by molar-refractivity contribution is 6.14. The molecule has 140 valence electrons. The Bertz CT molecular complexity index is 917. The number of likely N-dealkylation sites (N-methyl/N-ethyl adjacent to an activating group) is 1. The van der Waals surface area contributed by atoms with E-state index >= 15 is 0 Å². The third kappa shape index (κ3) is 4.49. The van der Waals surface area contributed by atoms with Crippen molar-refractivity contribution in [2.24, 2.45) is 0 Å². The normalized spacial score (nSPS) is 19.1. The van der Waals surface area contributed by atoms with Crippen molar-refractivity contribution in [3.05, 3.63) is 76.4 Å². The van der Waals surface area contributed by atoms with Crippen LogP contribution >= 0.6 is 0 Å². The number of pyridine rings is 1. The van der Waals surface area contributed by atoms with Crippen molar-refractivity contribution >= 4 is 17.9 Å². The van der Waals surface area contributed by atoms with Gasteiger partial charge in [0.15, 0.2) is 5.78 Å². The highest BCUT2D eigenvalue weighted by Gasteiger charge is 2.31. The first-order valence-corrected chi connectivity index (χ1v) is 8.15. The van der Waals surface area contributed by atoms with Crippen molar-refractivity contribution in [2.75, 3.05) is 20.1 Å². The average molecular weight is 376 g/mol. The van der Waals surface area contributed by atoms with Crippen molar-refractivity contribution in [1.29, 1.82) is 0 Å². The molecule has 0 N–H and O–H groups in total. The molecule has 0 aliphatic carbocycles. The van der Waals surface area contributed by atoms with Crippen molar-refractivity contribution < 1.29 is 22.4 Å². The van der Waals surface area contributed by atoms with Gasteiger partial charge in [-0.2, -0.15) is 13.2 Å². The fraction of sp³-hybridized carbons (Fsp3) is 0.200. The van der Waals surface area contributed by atoms with Crippen LogP contribution in [-0.2, 0) is 11.0 Å². The fourth-order valence-corrected chi connectivity index (χ4v) is 2.89. The van der Waals surface area contributed by atoms with E-state index in [1.807, 2.05) is 4.90 Å². The topological polar surface area (TPSA) is 33.2 Å². The van der Waals surface area contributed by atoms with E-state index in [4.69, 9.17) is 0 Å². The number of rotatable bonds is 2. The van der Waals surface area contributed by atoms with E-state index in [9.17, 15) is 22.4 Å². The number of ketones is 1. The average Bonchev–Trinajstić information content (AvgIpc) is 2.60. The number of benzene rings is 1. The molecule has 1 aliphatic heterocycles. The van der Waals surface area contributed by atoms with Gasteiger partial charge in [0.05, 0.1) is 5.56 Å². The molecule has 1 aromatic heterocycles. The predicted molar refractivity (Wildman–Crippen MR) is 94.1 cm³/mol. The molecule has 0 atom stereocenters. The standard InChI is InChI=1S/C20H16F4N2O/c1-26-11-15(7-13-3-2-6-25-10-13)19(27)16(12-26)8-14-9-17(20(22,23)24)4-5-18(14)21/h2-10H,11-12H2,1H3/b15-7+,16-8+. The van der Waals surface area contributed by atoms with E-state index in [0.717, 1.165) is 11.6 Å². The lowest BCUT2D eigenvalue weighted by molar-refractivity contribution is -0.137. The molecule has 2 aromatic rings. The molecule has 3 nitrogen and oxygen atoms in total. The second kappa shape index (κ2) is 7.44. The number of carbonyl (C=O) groups excluding carboxylic acids is 1. The highest BCUT2D eigenvalue weighted by Crippen LogP contribution is 2.31. The molecule has 0 spiro atoms. The van der Waals surface area contributed by atoms with Crippen LogP contribution in [-0.4, -0.2) is 35.8 Å². The van der Waals surface area contributed by atoms with Crippen LogP contribution in [0.25, 0.3) is 12.2 Å². The summed E-state index contributed by atoms with van der Waals surface area (Å²) >= 11 is 0. The SMILES string of the molecule is CN1C/C(=C\c2cccnc2)C(=O)/C(=C/c2cc(C(F)(F)F)ccc2F)C1. The monoisotopic (exact) mass is 376 g/mol. The summed E-state index contributed by atoms with van der Waals surface area (Å²) in [6.07, 6.45) is 1.50. The smallest absolute Gasteiger partial charge is 0.298 e. The lowest BCUT2D eigenvalue weighted by Crippen LogP contribution is -2.34. The zero-order valence-electron chi connectivity index (χ0n) is 14.4. The van der Waals surface area contributed by atoms with Gasteiger partial charge < -0.3 is 0 Å². The maximum Gasteiger partial charge on any atom is 0.416 e. The number of likely N-dealkylation sites (tertiary alicyclic amines) is 1. The Morgan fingerprint density at radius 3 is 2.44 bits per heavy atom. The van der Waals surface area contributed by atoms with E-state index in [1.165, 1.54) is 6.08 Å². The van der Waals surface area contributed by atoms with Gasteiger partial charge in [-0.05, 0) is 49.0 Å². The molecule has 0 unspecified atom stereocenters. The highest BCUT2D eigenvalue weighted by atomic mass is 19.4. The second-order valence-corrected chi connectivity index (χ2v) is 6.36. The fourth-order valence-electron chi connectivity index (χ4n) is 2.89. The van der Waals surface area contributed by atoms with Crippen molar-refractivity contribution in [3.63, 3.8) is 0 Å². The molecule has 0 bridgehead atoms. The first-order chi connectivity index (χ1) is 12.7. The number of aromatic nitrogens is 1. The number of halogens is 4. The number of piperidine rings is 1. The maximum absolute atomic E-state index is 14.0. The quantitative estimate of drug-likeness (QED) is 0.581. The largest absolute Gasteiger partial charge is 0.416 e. The molecule has 2 heterocycles. The molecule has 0 amide bonds. The van der Waals surface area contributed by atoms with Crippen LogP contribution in [0.2, 0.25) is 0 Å². The summed E-state index contributed by atoms with van der Waals surface area (Å²) < 4.78 is 52.7. The predicted octanol–water partition coefficient (Wildman–Crippen LogP) is 4.22. The van der Waals surface area contributed by atoms with Crippen molar-refractivity contribution in [3.8, 4) is 0 Å². The molecule has 0 saturated carbocycles. The number of hydrogen-bond donors (Lipinski definition) is 0. The minimum atomic E-state index is -4.58. The van der Waals surface area contributed by atoms with E-state index in [0.29, 0.717) is 24.3 Å². The summed E-state index contributed by atoms with van der Waals surface area (Å²) in [5.41, 5.74) is 0.218. The van der Waals surface area contributed by atoms with E-state index < -0.39 is 17.6 Å². The van der Waals surface area contributed by atoms with E-state index in [1.54, 1.807) is 37.7 Å². The minimum Gasteiger partial charge on any atom is -0.298 e. The Morgan fingerprint density at radius 2 is 1.81 bits per heavy atom. The van der Waals surface area contributed by atoms with Crippen LogP contribution in [0.3, 0.4) is 0 Å². The molecule has 1 aromatic carbocycles. The Labute approximate surface area is 153 Å². The number of hydrogen-bond acceptors (Lipinski definition) is 3. The summed E-state index contributed by atoms with van der Waals surface area (Å²) in [5.74, 6) is -1.12. The second-order valence-electron chi connectivity index (χ2n) is 6.36. The van der Waals surface area contributed by atoms with Crippen LogP contribution in [0, 0.1) is 5.82 Å². The molecule has 0 radical (unpaired) electrons. The van der Waals surface area contributed by atoms with Gasteiger partial charge in [0.2, 0.25) is 0 Å². The first kappa shape index (κ1) is 19.0. The van der Waals surface area contributed by atoms with E-state index in [2.05, 4.69) is 4.98 Å². The van der Waals surface area contributed by atoms with Gasteiger partial charge >= 0.3 is 6.18 Å². The zero-order valence-corrected chi connectivity index (χ0v) is 14.4. The maximum atomic E-state index is 14.0. The molecule has 1 fully saturated rings. The molecule has 1 aliphatic rings. The summed E-state index contributed by atoms with van der Waals surface area (Å²) in [6.45, 7) is 0.606. The van der Waals surface area contributed by atoms with Gasteiger partial charge in [-0.1, -0.05) is 6.07 Å². The number of nitrogens with zero attached hydrogens (tertiary/aromatic N) is 2.